The summed E-state index contributed by atoms with van der Waals surface area (Å²) < 4.78 is 3.91. The van der Waals surface area contributed by atoms with Crippen molar-refractivity contribution in [3.05, 3.63) is 0 Å². The Morgan fingerprint density at radius 3 is 2.50 bits per heavy atom. The summed E-state index contributed by atoms with van der Waals surface area (Å²) in [5.74, 6) is -0.377. The van der Waals surface area contributed by atoms with Crippen LogP contribution in [0, 0.1) is 0 Å². The number of carbonyl (C=O) groups excluding carboxylic acids is 1. The number of hydrogen-bond donors (Lipinski definition) is 1. The lowest BCUT2D eigenvalue weighted by molar-refractivity contribution is -0.129. The fourth-order valence-corrected chi connectivity index (χ4v) is 0.380. The molecule has 0 bridgehead atoms. The molecule has 0 rings (SSSR count). The van der Waals surface area contributed by atoms with Crippen LogP contribution in [0.3, 0.4) is 0 Å². The highest BCUT2D eigenvalue weighted by atomic mass is 79.9. The molecule has 0 saturated carbocycles. The van der Waals surface area contributed by atoms with E-state index in [-0.39, 0.29) is 11.3 Å². The standard InChI is InChI=1S/C2H3BrO2S/c3-1-2(4)5-6/h6H,1H2. The zero-order valence-corrected chi connectivity index (χ0v) is 5.33. The number of thiol groups is 1. The SMILES string of the molecule is O=C(CBr)OS. The number of alkyl halides is 1. The predicted molar refractivity (Wildman–Crippen MR) is 28.9 cm³/mol. The van der Waals surface area contributed by atoms with Crippen molar-refractivity contribution in [2.45, 2.75) is 0 Å². The van der Waals surface area contributed by atoms with Gasteiger partial charge in [-0.1, -0.05) is 15.9 Å². The number of rotatable bonds is 1. The first-order valence-corrected chi connectivity index (χ1v) is 2.70. The van der Waals surface area contributed by atoms with Crippen molar-refractivity contribution in [3.8, 4) is 0 Å². The zero-order valence-electron chi connectivity index (χ0n) is 2.85. The first-order valence-electron chi connectivity index (χ1n) is 1.21. The molecule has 0 N–H and O–H groups in total. The first kappa shape index (κ1) is 6.30. The number of hydrogen-bond acceptors (Lipinski definition) is 3. The van der Waals surface area contributed by atoms with Gasteiger partial charge in [-0.25, -0.2) is 0 Å². The van der Waals surface area contributed by atoms with E-state index in [1.807, 2.05) is 0 Å². The summed E-state index contributed by atoms with van der Waals surface area (Å²) in [5.41, 5.74) is 0. The van der Waals surface area contributed by atoms with Gasteiger partial charge in [0.1, 0.15) is 5.33 Å². The average molecular weight is 171 g/mol. The maximum atomic E-state index is 9.84. The highest BCUT2D eigenvalue weighted by Crippen LogP contribution is 1.85. The molecular weight excluding hydrogens is 168 g/mol. The summed E-state index contributed by atoms with van der Waals surface area (Å²) >= 11 is 6.07. The molecule has 0 amide bonds. The Hall–Kier alpha value is 0.300. The largest absolute Gasteiger partial charge is 0.394 e. The number of carbonyl (C=O) groups is 1. The minimum Gasteiger partial charge on any atom is -0.394 e. The molecule has 2 nitrogen and oxygen atoms in total. The lowest BCUT2D eigenvalue weighted by atomic mass is 10.8. The maximum absolute atomic E-state index is 9.84. The zero-order chi connectivity index (χ0) is 4.99. The summed E-state index contributed by atoms with van der Waals surface area (Å²) in [5, 5.41) is 0.205. The van der Waals surface area contributed by atoms with Crippen LogP contribution >= 0.6 is 28.8 Å². The van der Waals surface area contributed by atoms with Gasteiger partial charge in [-0.05, 0) is 0 Å². The first-order chi connectivity index (χ1) is 2.81. The van der Waals surface area contributed by atoms with Crippen molar-refractivity contribution in [2.75, 3.05) is 5.33 Å². The molecule has 0 atom stereocenters. The second kappa shape index (κ2) is 3.49. The molecule has 36 valence electrons. The van der Waals surface area contributed by atoms with Gasteiger partial charge >= 0.3 is 5.97 Å². The van der Waals surface area contributed by atoms with Gasteiger partial charge in [0.25, 0.3) is 0 Å². The third-order valence-electron chi connectivity index (χ3n) is 0.211. The molecule has 4 heteroatoms. The van der Waals surface area contributed by atoms with Crippen LogP contribution in [0.4, 0.5) is 0 Å². The van der Waals surface area contributed by atoms with Crippen LogP contribution in [0.15, 0.2) is 0 Å². The van der Waals surface area contributed by atoms with Crippen molar-refractivity contribution < 1.29 is 8.98 Å². The number of halogens is 1. The monoisotopic (exact) mass is 170 g/mol. The Bertz CT molecular complexity index is 49.5. The molecule has 0 heterocycles. The Morgan fingerprint density at radius 2 is 2.50 bits per heavy atom. The summed E-state index contributed by atoms with van der Waals surface area (Å²) in [6, 6.07) is 0. The van der Waals surface area contributed by atoms with E-state index in [1.165, 1.54) is 0 Å². The van der Waals surface area contributed by atoms with E-state index in [0.29, 0.717) is 0 Å². The van der Waals surface area contributed by atoms with E-state index in [4.69, 9.17) is 0 Å². The van der Waals surface area contributed by atoms with Crippen molar-refractivity contribution in [2.24, 2.45) is 0 Å². The van der Waals surface area contributed by atoms with Gasteiger partial charge in [0.15, 0.2) is 0 Å². The van der Waals surface area contributed by atoms with Crippen LogP contribution in [0.1, 0.15) is 0 Å². The maximum Gasteiger partial charge on any atom is 0.328 e. The minimum absolute atomic E-state index is 0.205. The lowest BCUT2D eigenvalue weighted by Crippen LogP contribution is -1.95. The van der Waals surface area contributed by atoms with Gasteiger partial charge in [0, 0.05) is 12.9 Å². The van der Waals surface area contributed by atoms with Crippen LogP contribution in [-0.2, 0) is 8.98 Å². The average Bonchev–Trinajstić information content (AvgIpc) is 1.65. The van der Waals surface area contributed by atoms with Crippen LogP contribution in [0.2, 0.25) is 0 Å². The molecule has 0 spiro atoms. The van der Waals surface area contributed by atoms with Gasteiger partial charge in [-0.2, -0.15) is 0 Å². The topological polar surface area (TPSA) is 26.3 Å². The van der Waals surface area contributed by atoms with E-state index >= 15 is 0 Å². The van der Waals surface area contributed by atoms with Gasteiger partial charge in [-0.15, -0.1) is 0 Å². The summed E-state index contributed by atoms with van der Waals surface area (Å²) in [4.78, 5) is 9.84. The van der Waals surface area contributed by atoms with Crippen molar-refractivity contribution >= 4 is 34.8 Å². The summed E-state index contributed by atoms with van der Waals surface area (Å²) in [6.07, 6.45) is 0. The van der Waals surface area contributed by atoms with Gasteiger partial charge in [0.05, 0.1) is 0 Å². The van der Waals surface area contributed by atoms with Crippen molar-refractivity contribution in [3.63, 3.8) is 0 Å². The van der Waals surface area contributed by atoms with Gasteiger partial charge < -0.3 is 4.18 Å². The molecule has 0 aromatic carbocycles. The quantitative estimate of drug-likeness (QED) is 0.358. The van der Waals surface area contributed by atoms with E-state index in [9.17, 15) is 4.79 Å². The highest BCUT2D eigenvalue weighted by Gasteiger charge is 1.90. The fourth-order valence-electron chi connectivity index (χ4n) is 0.0244. The molecule has 0 aliphatic heterocycles. The molecule has 0 fully saturated rings. The van der Waals surface area contributed by atoms with Crippen LogP contribution in [0.25, 0.3) is 0 Å². The Balaban J connectivity index is 2.99. The molecule has 0 aliphatic carbocycles. The third-order valence-corrected chi connectivity index (χ3v) is 0.872. The molecular formula is C2H3BrO2S. The predicted octanol–water partition coefficient (Wildman–Crippen LogP) is 0.769. The third kappa shape index (κ3) is 2.53. The molecule has 0 saturated heterocycles. The smallest absolute Gasteiger partial charge is 0.328 e. The normalized spacial score (nSPS) is 7.67. The molecule has 6 heavy (non-hydrogen) atoms. The second-order valence-corrected chi connectivity index (χ2v) is 1.34. The van der Waals surface area contributed by atoms with Crippen LogP contribution < -0.4 is 0 Å². The highest BCUT2D eigenvalue weighted by molar-refractivity contribution is 9.09. The minimum atomic E-state index is -0.377. The molecule has 0 radical (unpaired) electrons. The Kier molecular flexibility index (Phi) is 3.66. The Labute approximate surface area is 49.6 Å². The van der Waals surface area contributed by atoms with E-state index in [2.05, 4.69) is 33.0 Å². The molecule has 0 aromatic rings. The summed E-state index contributed by atoms with van der Waals surface area (Å²) in [7, 11) is 0. The van der Waals surface area contributed by atoms with E-state index in [0.717, 1.165) is 0 Å². The molecule has 0 aromatic heterocycles. The lowest BCUT2D eigenvalue weighted by Gasteiger charge is -1.83. The van der Waals surface area contributed by atoms with Gasteiger partial charge in [-0.3, -0.25) is 4.79 Å². The van der Waals surface area contributed by atoms with Crippen LogP contribution in [-0.4, -0.2) is 11.3 Å². The Morgan fingerprint density at radius 1 is 2.00 bits per heavy atom. The second-order valence-electron chi connectivity index (χ2n) is 0.597. The van der Waals surface area contributed by atoms with E-state index in [1.54, 1.807) is 0 Å². The molecule has 0 unspecified atom stereocenters. The van der Waals surface area contributed by atoms with Crippen molar-refractivity contribution in [1.29, 1.82) is 0 Å². The van der Waals surface area contributed by atoms with Crippen molar-refractivity contribution in [1.82, 2.24) is 0 Å². The van der Waals surface area contributed by atoms with Crippen LogP contribution in [0.5, 0.6) is 0 Å². The summed E-state index contributed by atoms with van der Waals surface area (Å²) in [6.45, 7) is 0. The van der Waals surface area contributed by atoms with E-state index < -0.39 is 0 Å². The fraction of sp³-hybridized carbons (Fsp3) is 0.500. The molecule has 0 aliphatic rings. The van der Waals surface area contributed by atoms with Gasteiger partial charge in [0.2, 0.25) is 0 Å².